The van der Waals surface area contributed by atoms with Crippen LogP contribution in [0.4, 0.5) is 5.13 Å². The molecule has 16 heavy (non-hydrogen) atoms. The summed E-state index contributed by atoms with van der Waals surface area (Å²) in [6.45, 7) is 1.97. The smallest absolute Gasteiger partial charge is 0.183 e. The van der Waals surface area contributed by atoms with Crippen molar-refractivity contribution in [1.82, 2.24) is 9.97 Å². The molecule has 2 heterocycles. The molecule has 0 aliphatic carbocycles. The fraction of sp³-hybridized carbons (Fsp3) is 0.167. The van der Waals surface area contributed by atoms with E-state index in [4.69, 9.17) is 0 Å². The minimum absolute atomic E-state index is 0.900. The summed E-state index contributed by atoms with van der Waals surface area (Å²) in [6.07, 6.45) is 3.48. The molecule has 1 N–H and O–H groups in total. The highest BCUT2D eigenvalue weighted by molar-refractivity contribution is 7.16. The van der Waals surface area contributed by atoms with E-state index in [0.717, 1.165) is 21.3 Å². The number of pyridine rings is 1. The second-order valence-electron chi connectivity index (χ2n) is 3.17. The number of anilines is 1. The predicted octanol–water partition coefficient (Wildman–Crippen LogP) is 2.29. The van der Waals surface area contributed by atoms with Crippen LogP contribution in [-0.4, -0.2) is 17.0 Å². The molecular formula is C12H11N3S. The Hall–Kier alpha value is -1.86. The summed E-state index contributed by atoms with van der Waals surface area (Å²) in [5.41, 5.74) is 1.93. The van der Waals surface area contributed by atoms with Crippen molar-refractivity contribution in [3.8, 4) is 11.8 Å². The molecule has 0 unspecified atom stereocenters. The van der Waals surface area contributed by atoms with Gasteiger partial charge < -0.3 is 5.32 Å². The maximum absolute atomic E-state index is 4.33. The average molecular weight is 229 g/mol. The predicted molar refractivity (Wildman–Crippen MR) is 66.6 cm³/mol. The molecule has 0 radical (unpaired) electrons. The average Bonchev–Trinajstić information content (AvgIpc) is 2.69. The molecule has 0 aliphatic heterocycles. The van der Waals surface area contributed by atoms with Gasteiger partial charge in [0.1, 0.15) is 4.88 Å². The zero-order valence-corrected chi connectivity index (χ0v) is 9.93. The first-order chi connectivity index (χ1) is 7.79. The van der Waals surface area contributed by atoms with Crippen LogP contribution in [0.3, 0.4) is 0 Å². The Balaban J connectivity index is 2.27. The Morgan fingerprint density at radius 1 is 1.25 bits per heavy atom. The van der Waals surface area contributed by atoms with Crippen LogP contribution in [0.15, 0.2) is 24.5 Å². The van der Waals surface area contributed by atoms with Crippen molar-refractivity contribution in [2.75, 3.05) is 12.4 Å². The van der Waals surface area contributed by atoms with E-state index in [1.807, 2.05) is 26.1 Å². The highest BCUT2D eigenvalue weighted by Gasteiger charge is 2.02. The molecule has 2 rings (SSSR count). The van der Waals surface area contributed by atoms with Crippen LogP contribution < -0.4 is 5.32 Å². The van der Waals surface area contributed by atoms with Gasteiger partial charge in [-0.3, -0.25) is 4.98 Å². The Morgan fingerprint density at radius 3 is 2.62 bits per heavy atom. The molecule has 0 aliphatic rings. The third-order valence-electron chi connectivity index (χ3n) is 2.01. The van der Waals surface area contributed by atoms with Crippen molar-refractivity contribution in [2.24, 2.45) is 0 Å². The summed E-state index contributed by atoms with van der Waals surface area (Å²) in [7, 11) is 1.86. The van der Waals surface area contributed by atoms with Gasteiger partial charge in [0, 0.05) is 25.0 Å². The van der Waals surface area contributed by atoms with Crippen LogP contribution in [0.5, 0.6) is 0 Å². The van der Waals surface area contributed by atoms with E-state index in [9.17, 15) is 0 Å². The quantitative estimate of drug-likeness (QED) is 0.762. The first-order valence-electron chi connectivity index (χ1n) is 4.87. The summed E-state index contributed by atoms with van der Waals surface area (Å²) < 4.78 is 0. The molecule has 0 saturated heterocycles. The number of nitrogens with one attached hydrogen (secondary N) is 1. The molecule has 0 saturated carbocycles. The van der Waals surface area contributed by atoms with Crippen LogP contribution in [0.1, 0.15) is 16.1 Å². The maximum atomic E-state index is 4.33. The van der Waals surface area contributed by atoms with Gasteiger partial charge in [-0.15, -0.1) is 0 Å². The second-order valence-corrected chi connectivity index (χ2v) is 4.17. The van der Waals surface area contributed by atoms with E-state index >= 15 is 0 Å². The molecule has 0 amide bonds. The summed E-state index contributed by atoms with van der Waals surface area (Å²) >= 11 is 1.57. The zero-order chi connectivity index (χ0) is 11.4. The molecule has 0 bridgehead atoms. The lowest BCUT2D eigenvalue weighted by molar-refractivity contribution is 1.24. The molecule has 3 nitrogen and oxygen atoms in total. The first-order valence-corrected chi connectivity index (χ1v) is 5.68. The van der Waals surface area contributed by atoms with Gasteiger partial charge in [-0.2, -0.15) is 0 Å². The van der Waals surface area contributed by atoms with Gasteiger partial charge >= 0.3 is 0 Å². The van der Waals surface area contributed by atoms with E-state index in [-0.39, 0.29) is 0 Å². The summed E-state index contributed by atoms with van der Waals surface area (Å²) in [4.78, 5) is 9.28. The van der Waals surface area contributed by atoms with E-state index < -0.39 is 0 Å². The molecule has 2 aromatic heterocycles. The molecule has 2 aromatic rings. The van der Waals surface area contributed by atoms with Crippen molar-refractivity contribution in [1.29, 1.82) is 0 Å². The van der Waals surface area contributed by atoms with Crippen LogP contribution in [-0.2, 0) is 0 Å². The van der Waals surface area contributed by atoms with Crippen LogP contribution in [0.25, 0.3) is 0 Å². The van der Waals surface area contributed by atoms with Gasteiger partial charge in [0.15, 0.2) is 5.13 Å². The number of aromatic nitrogens is 2. The van der Waals surface area contributed by atoms with Gasteiger partial charge in [-0.25, -0.2) is 4.98 Å². The highest BCUT2D eigenvalue weighted by Crippen LogP contribution is 2.20. The van der Waals surface area contributed by atoms with Gasteiger partial charge in [-0.05, 0) is 25.0 Å². The lowest BCUT2D eigenvalue weighted by Crippen LogP contribution is -1.84. The minimum atomic E-state index is 0.900. The maximum Gasteiger partial charge on any atom is 0.183 e. The highest BCUT2D eigenvalue weighted by atomic mass is 32.1. The fourth-order valence-corrected chi connectivity index (χ4v) is 1.96. The molecule has 0 atom stereocenters. The molecule has 4 heteroatoms. The molecule has 0 spiro atoms. The number of aryl methyl sites for hydroxylation is 1. The number of hydrogen-bond donors (Lipinski definition) is 1. The molecule has 0 fully saturated rings. The van der Waals surface area contributed by atoms with Gasteiger partial charge in [0.05, 0.1) is 5.69 Å². The fourth-order valence-electron chi connectivity index (χ4n) is 1.18. The van der Waals surface area contributed by atoms with Crippen LogP contribution in [0, 0.1) is 18.8 Å². The number of thiazole rings is 1. The monoisotopic (exact) mass is 229 g/mol. The lowest BCUT2D eigenvalue weighted by atomic mass is 10.2. The van der Waals surface area contributed by atoms with Crippen molar-refractivity contribution >= 4 is 16.5 Å². The van der Waals surface area contributed by atoms with Crippen LogP contribution >= 0.6 is 11.3 Å². The molecule has 0 aromatic carbocycles. The Labute approximate surface area is 98.6 Å². The normalized spacial score (nSPS) is 9.38. The van der Waals surface area contributed by atoms with E-state index in [2.05, 4.69) is 27.1 Å². The standard InChI is InChI=1S/C12H11N3S/c1-9-11(16-12(13-2)15-9)4-3-10-5-7-14-8-6-10/h5-8H,1-2H3,(H,13,15). The summed E-state index contributed by atoms with van der Waals surface area (Å²) in [6, 6.07) is 3.78. The van der Waals surface area contributed by atoms with E-state index in [0.29, 0.717) is 0 Å². The van der Waals surface area contributed by atoms with Gasteiger partial charge in [0.2, 0.25) is 0 Å². The van der Waals surface area contributed by atoms with E-state index in [1.54, 1.807) is 23.7 Å². The van der Waals surface area contributed by atoms with Crippen molar-refractivity contribution in [3.05, 3.63) is 40.7 Å². The van der Waals surface area contributed by atoms with Gasteiger partial charge in [-0.1, -0.05) is 17.3 Å². The Kier molecular flexibility index (Phi) is 3.18. The van der Waals surface area contributed by atoms with E-state index in [1.165, 1.54) is 0 Å². The van der Waals surface area contributed by atoms with Crippen molar-refractivity contribution in [2.45, 2.75) is 6.92 Å². The van der Waals surface area contributed by atoms with Gasteiger partial charge in [0.25, 0.3) is 0 Å². The number of nitrogens with zero attached hydrogens (tertiary/aromatic N) is 2. The topological polar surface area (TPSA) is 37.8 Å². The number of hydrogen-bond acceptors (Lipinski definition) is 4. The largest absolute Gasteiger partial charge is 0.365 e. The SMILES string of the molecule is CNc1nc(C)c(C#Cc2ccncc2)s1. The molecule has 80 valence electrons. The third-order valence-corrected chi connectivity index (χ3v) is 3.10. The third kappa shape index (κ3) is 2.38. The zero-order valence-electron chi connectivity index (χ0n) is 9.11. The minimum Gasteiger partial charge on any atom is -0.365 e. The summed E-state index contributed by atoms with van der Waals surface area (Å²) in [5.74, 6) is 6.21. The van der Waals surface area contributed by atoms with Crippen molar-refractivity contribution < 1.29 is 0 Å². The second kappa shape index (κ2) is 4.77. The first kappa shape index (κ1) is 10.7. The summed E-state index contributed by atoms with van der Waals surface area (Å²) in [5, 5.41) is 3.92. The Morgan fingerprint density at radius 2 is 2.00 bits per heavy atom. The lowest BCUT2D eigenvalue weighted by Gasteiger charge is -1.86. The number of rotatable bonds is 1. The molecular weight excluding hydrogens is 218 g/mol. The van der Waals surface area contributed by atoms with Crippen LogP contribution in [0.2, 0.25) is 0 Å². The Bertz CT molecular complexity index is 534. The van der Waals surface area contributed by atoms with Crippen molar-refractivity contribution in [3.63, 3.8) is 0 Å².